The van der Waals surface area contributed by atoms with Crippen LogP contribution in [0.5, 0.6) is 0 Å². The Morgan fingerprint density at radius 2 is 2.28 bits per heavy atom. The van der Waals surface area contributed by atoms with Crippen molar-refractivity contribution in [1.29, 1.82) is 0 Å². The second-order valence-corrected chi connectivity index (χ2v) is 4.38. The zero-order chi connectivity index (χ0) is 12.5. The van der Waals surface area contributed by atoms with Gasteiger partial charge < -0.3 is 5.11 Å². The highest BCUT2D eigenvalue weighted by Crippen LogP contribution is 2.41. The first kappa shape index (κ1) is 10.9. The maximum atomic E-state index is 11.1. The zero-order valence-electron chi connectivity index (χ0n) is 9.65. The molecule has 0 unspecified atom stereocenters. The summed E-state index contributed by atoms with van der Waals surface area (Å²) in [4.78, 5) is 15.3. The molecule has 0 spiro atoms. The molecule has 18 heavy (non-hydrogen) atoms. The van der Waals surface area contributed by atoms with Crippen molar-refractivity contribution in [2.45, 2.75) is 25.3 Å². The molecule has 1 N–H and O–H groups in total. The Bertz CT molecular complexity index is 575. The molecule has 6 heteroatoms. The highest BCUT2D eigenvalue weighted by molar-refractivity contribution is 5.86. The highest BCUT2D eigenvalue weighted by Gasteiger charge is 2.33. The summed E-state index contributed by atoms with van der Waals surface area (Å²) in [5, 5.41) is 16.8. The van der Waals surface area contributed by atoms with Crippen LogP contribution >= 0.6 is 0 Å². The van der Waals surface area contributed by atoms with Gasteiger partial charge in [-0.1, -0.05) is 11.3 Å². The summed E-state index contributed by atoms with van der Waals surface area (Å²) in [7, 11) is 0. The van der Waals surface area contributed by atoms with Crippen molar-refractivity contribution >= 4 is 5.97 Å². The van der Waals surface area contributed by atoms with Gasteiger partial charge in [-0.2, -0.15) is 0 Å². The molecule has 2 aromatic heterocycles. The number of carboxylic acid groups (broad SMARTS) is 1. The first-order valence-corrected chi connectivity index (χ1v) is 5.82. The van der Waals surface area contributed by atoms with Gasteiger partial charge in [0.1, 0.15) is 0 Å². The minimum atomic E-state index is -1.01. The first-order valence-electron chi connectivity index (χ1n) is 5.82. The lowest BCUT2D eigenvalue weighted by Gasteiger charge is -2.05. The molecule has 1 aliphatic rings. The molecule has 0 bridgehead atoms. The van der Waals surface area contributed by atoms with Crippen molar-refractivity contribution in [1.82, 2.24) is 20.0 Å². The molecule has 6 nitrogen and oxygen atoms in total. The molecule has 1 aliphatic carbocycles. The van der Waals surface area contributed by atoms with Crippen LogP contribution in [-0.2, 0) is 6.54 Å². The van der Waals surface area contributed by atoms with E-state index in [1.54, 1.807) is 10.9 Å². The zero-order valence-corrected chi connectivity index (χ0v) is 9.65. The third kappa shape index (κ3) is 1.97. The van der Waals surface area contributed by atoms with Gasteiger partial charge in [0, 0.05) is 12.1 Å². The largest absolute Gasteiger partial charge is 0.476 e. The van der Waals surface area contributed by atoms with E-state index in [2.05, 4.69) is 15.3 Å². The van der Waals surface area contributed by atoms with Crippen molar-refractivity contribution in [2.75, 3.05) is 0 Å². The summed E-state index contributed by atoms with van der Waals surface area (Å²) in [6, 6.07) is 5.63. The summed E-state index contributed by atoms with van der Waals surface area (Å²) < 4.78 is 1.66. The van der Waals surface area contributed by atoms with Gasteiger partial charge in [-0.3, -0.25) is 4.98 Å². The molecule has 0 saturated heterocycles. The first-order chi connectivity index (χ1) is 8.75. The number of rotatable bonds is 4. The van der Waals surface area contributed by atoms with Crippen LogP contribution in [0.25, 0.3) is 0 Å². The minimum Gasteiger partial charge on any atom is -0.476 e. The van der Waals surface area contributed by atoms with Gasteiger partial charge in [-0.25, -0.2) is 9.48 Å². The topological polar surface area (TPSA) is 80.9 Å². The second kappa shape index (κ2) is 4.21. The van der Waals surface area contributed by atoms with Crippen molar-refractivity contribution < 1.29 is 9.90 Å². The fourth-order valence-electron chi connectivity index (χ4n) is 2.00. The summed E-state index contributed by atoms with van der Waals surface area (Å²) in [5.41, 5.74) is 1.66. The van der Waals surface area contributed by atoms with Crippen molar-refractivity contribution in [3.8, 4) is 0 Å². The van der Waals surface area contributed by atoms with E-state index in [0.29, 0.717) is 6.54 Å². The Morgan fingerprint density at radius 1 is 1.44 bits per heavy atom. The molecule has 0 atom stereocenters. The maximum absolute atomic E-state index is 11.1. The Kier molecular flexibility index (Phi) is 2.55. The highest BCUT2D eigenvalue weighted by atomic mass is 16.4. The Morgan fingerprint density at radius 3 is 2.89 bits per heavy atom. The second-order valence-electron chi connectivity index (χ2n) is 4.38. The molecule has 2 aromatic rings. The van der Waals surface area contributed by atoms with E-state index in [1.807, 2.05) is 18.2 Å². The molecule has 0 radical (unpaired) electrons. The number of pyridine rings is 1. The van der Waals surface area contributed by atoms with E-state index < -0.39 is 5.97 Å². The average Bonchev–Trinajstić information content (AvgIpc) is 3.12. The monoisotopic (exact) mass is 244 g/mol. The lowest BCUT2D eigenvalue weighted by Crippen LogP contribution is -2.09. The predicted molar refractivity (Wildman–Crippen MR) is 62.3 cm³/mol. The quantitative estimate of drug-likeness (QED) is 0.876. The van der Waals surface area contributed by atoms with Crippen LogP contribution in [0.3, 0.4) is 0 Å². The summed E-state index contributed by atoms with van der Waals surface area (Å²) >= 11 is 0. The molecule has 0 aromatic carbocycles. The van der Waals surface area contributed by atoms with Crippen LogP contribution < -0.4 is 0 Å². The van der Waals surface area contributed by atoms with Gasteiger partial charge in [0.2, 0.25) is 0 Å². The smallest absolute Gasteiger partial charge is 0.358 e. The predicted octanol–water partition coefficient (Wildman–Crippen LogP) is 1.30. The van der Waals surface area contributed by atoms with Gasteiger partial charge in [0.05, 0.1) is 17.9 Å². The Balaban J connectivity index is 1.95. The molecular weight excluding hydrogens is 232 g/mol. The number of carbonyl (C=O) groups is 1. The molecule has 3 rings (SSSR count). The van der Waals surface area contributed by atoms with E-state index in [9.17, 15) is 4.79 Å². The van der Waals surface area contributed by atoms with Crippen molar-refractivity contribution in [2.24, 2.45) is 0 Å². The molecule has 92 valence electrons. The van der Waals surface area contributed by atoms with Crippen LogP contribution in [0.4, 0.5) is 0 Å². The van der Waals surface area contributed by atoms with E-state index in [4.69, 9.17) is 5.11 Å². The van der Waals surface area contributed by atoms with Crippen LogP contribution in [0.1, 0.15) is 40.6 Å². The van der Waals surface area contributed by atoms with Gasteiger partial charge in [0.25, 0.3) is 0 Å². The van der Waals surface area contributed by atoms with Gasteiger partial charge in [-0.05, 0) is 25.0 Å². The van der Waals surface area contributed by atoms with E-state index in [-0.39, 0.29) is 11.6 Å². The van der Waals surface area contributed by atoms with Gasteiger partial charge in [0.15, 0.2) is 5.69 Å². The summed E-state index contributed by atoms with van der Waals surface area (Å²) in [6.07, 6.45) is 3.73. The third-order valence-corrected chi connectivity index (χ3v) is 2.98. The number of aromatic carboxylic acids is 1. The number of aromatic nitrogens is 4. The standard InChI is InChI=1S/C12H12N4O2/c17-12(18)10-11(8-4-5-8)16(15-14-10)7-9-3-1-2-6-13-9/h1-3,6,8H,4-5,7H2,(H,17,18). The van der Waals surface area contributed by atoms with E-state index in [0.717, 1.165) is 24.2 Å². The Hall–Kier alpha value is -2.24. The SMILES string of the molecule is O=C(O)c1nnn(Cc2ccccn2)c1C1CC1. The fraction of sp³-hybridized carbons (Fsp3) is 0.333. The summed E-state index contributed by atoms with van der Waals surface area (Å²) in [6.45, 7) is 0.465. The van der Waals surface area contributed by atoms with Crippen LogP contribution in [0.2, 0.25) is 0 Å². The third-order valence-electron chi connectivity index (χ3n) is 2.98. The molecule has 2 heterocycles. The molecule has 1 fully saturated rings. The maximum Gasteiger partial charge on any atom is 0.358 e. The van der Waals surface area contributed by atoms with Crippen molar-refractivity contribution in [3.05, 3.63) is 41.5 Å². The molecule has 1 saturated carbocycles. The van der Waals surface area contributed by atoms with Crippen LogP contribution in [-0.4, -0.2) is 31.1 Å². The minimum absolute atomic E-state index is 0.0773. The van der Waals surface area contributed by atoms with E-state index in [1.165, 1.54) is 0 Å². The fourth-order valence-corrected chi connectivity index (χ4v) is 2.00. The molecular formula is C12H12N4O2. The molecule has 0 amide bonds. The summed E-state index contributed by atoms with van der Waals surface area (Å²) in [5.74, 6) is -0.723. The molecule has 0 aliphatic heterocycles. The van der Waals surface area contributed by atoms with Gasteiger partial charge >= 0.3 is 5.97 Å². The Labute approximate surface area is 103 Å². The number of carboxylic acids is 1. The normalized spacial score (nSPS) is 14.7. The van der Waals surface area contributed by atoms with Crippen LogP contribution in [0, 0.1) is 0 Å². The lowest BCUT2D eigenvalue weighted by atomic mass is 10.2. The number of hydrogen-bond acceptors (Lipinski definition) is 4. The van der Waals surface area contributed by atoms with E-state index >= 15 is 0 Å². The average molecular weight is 244 g/mol. The van der Waals surface area contributed by atoms with Crippen molar-refractivity contribution in [3.63, 3.8) is 0 Å². The van der Waals surface area contributed by atoms with Crippen LogP contribution in [0.15, 0.2) is 24.4 Å². The van der Waals surface area contributed by atoms with Gasteiger partial charge in [-0.15, -0.1) is 5.10 Å². The lowest BCUT2D eigenvalue weighted by molar-refractivity contribution is 0.0689. The number of hydrogen-bond donors (Lipinski definition) is 1. The number of nitrogens with zero attached hydrogens (tertiary/aromatic N) is 4.